The van der Waals surface area contributed by atoms with Crippen LogP contribution in [0.5, 0.6) is 0 Å². The zero-order chi connectivity index (χ0) is 12.1. The number of rotatable bonds is 3. The fourth-order valence-corrected chi connectivity index (χ4v) is 2.76. The normalized spacial score (nSPS) is 27.1. The molecular formula is C13H24N2O2. The molecule has 98 valence electrons. The molecule has 0 bridgehead atoms. The van der Waals surface area contributed by atoms with E-state index >= 15 is 0 Å². The van der Waals surface area contributed by atoms with E-state index in [0.717, 1.165) is 58.4 Å². The number of nitrogens with two attached hydrogens (primary N) is 1. The maximum atomic E-state index is 12.0. The van der Waals surface area contributed by atoms with Crippen LogP contribution in [-0.4, -0.2) is 43.2 Å². The number of nitrogens with zero attached hydrogens (tertiary/aromatic N) is 1. The van der Waals surface area contributed by atoms with Gasteiger partial charge in [-0.2, -0.15) is 0 Å². The maximum Gasteiger partial charge on any atom is 0.222 e. The second-order valence-corrected chi connectivity index (χ2v) is 5.34. The molecule has 4 nitrogen and oxygen atoms in total. The molecule has 0 aromatic carbocycles. The molecule has 0 spiro atoms. The van der Waals surface area contributed by atoms with Gasteiger partial charge in [0.2, 0.25) is 5.91 Å². The van der Waals surface area contributed by atoms with Crippen LogP contribution < -0.4 is 5.73 Å². The standard InChI is InChI=1S/C13H24N2O2/c14-12-2-1-7-15(10-12)13(16)4-3-11-5-8-17-9-6-11/h11-12H,1-10,14H2. The van der Waals surface area contributed by atoms with E-state index in [0.29, 0.717) is 18.2 Å². The second-order valence-electron chi connectivity index (χ2n) is 5.34. The molecule has 1 amide bonds. The van der Waals surface area contributed by atoms with Crippen molar-refractivity contribution in [1.82, 2.24) is 4.90 Å². The van der Waals surface area contributed by atoms with Gasteiger partial charge in [-0.05, 0) is 38.0 Å². The summed E-state index contributed by atoms with van der Waals surface area (Å²) < 4.78 is 5.33. The Balaban J connectivity index is 1.69. The predicted octanol–water partition coefficient (Wildman–Crippen LogP) is 1.14. The van der Waals surface area contributed by atoms with Crippen molar-refractivity contribution in [2.45, 2.75) is 44.6 Å². The van der Waals surface area contributed by atoms with Gasteiger partial charge >= 0.3 is 0 Å². The fraction of sp³-hybridized carbons (Fsp3) is 0.923. The summed E-state index contributed by atoms with van der Waals surface area (Å²) in [6.45, 7) is 3.40. The highest BCUT2D eigenvalue weighted by Crippen LogP contribution is 2.21. The third-order valence-corrected chi connectivity index (χ3v) is 3.92. The van der Waals surface area contributed by atoms with Crippen molar-refractivity contribution in [2.75, 3.05) is 26.3 Å². The molecule has 17 heavy (non-hydrogen) atoms. The number of piperidine rings is 1. The molecule has 2 N–H and O–H groups in total. The van der Waals surface area contributed by atoms with E-state index in [1.807, 2.05) is 4.90 Å². The van der Waals surface area contributed by atoms with E-state index in [1.165, 1.54) is 0 Å². The van der Waals surface area contributed by atoms with Gasteiger partial charge in [0.1, 0.15) is 0 Å². The van der Waals surface area contributed by atoms with Crippen molar-refractivity contribution in [3.05, 3.63) is 0 Å². The Hall–Kier alpha value is -0.610. The molecule has 0 radical (unpaired) electrons. The molecule has 2 rings (SSSR count). The van der Waals surface area contributed by atoms with Crippen LogP contribution in [0.1, 0.15) is 38.5 Å². The summed E-state index contributed by atoms with van der Waals surface area (Å²) in [6.07, 6.45) is 6.07. The minimum atomic E-state index is 0.191. The molecule has 2 aliphatic heterocycles. The van der Waals surface area contributed by atoms with E-state index in [1.54, 1.807) is 0 Å². The summed E-state index contributed by atoms with van der Waals surface area (Å²) in [4.78, 5) is 14.0. The summed E-state index contributed by atoms with van der Waals surface area (Å²) in [5.41, 5.74) is 5.89. The van der Waals surface area contributed by atoms with Crippen LogP contribution in [0.3, 0.4) is 0 Å². The molecule has 0 saturated carbocycles. The quantitative estimate of drug-likeness (QED) is 0.805. The van der Waals surface area contributed by atoms with Crippen molar-refractivity contribution in [2.24, 2.45) is 11.7 Å². The lowest BCUT2D eigenvalue weighted by Crippen LogP contribution is -2.45. The Morgan fingerprint density at radius 3 is 2.76 bits per heavy atom. The molecule has 1 atom stereocenters. The van der Waals surface area contributed by atoms with Crippen LogP contribution >= 0.6 is 0 Å². The van der Waals surface area contributed by atoms with Gasteiger partial charge in [0, 0.05) is 38.8 Å². The number of hydrogen-bond acceptors (Lipinski definition) is 3. The van der Waals surface area contributed by atoms with Gasteiger partial charge in [0.15, 0.2) is 0 Å². The summed E-state index contributed by atoms with van der Waals surface area (Å²) >= 11 is 0. The van der Waals surface area contributed by atoms with E-state index in [4.69, 9.17) is 10.5 Å². The Labute approximate surface area is 103 Å². The number of amides is 1. The molecule has 1 unspecified atom stereocenters. The van der Waals surface area contributed by atoms with E-state index in [9.17, 15) is 4.79 Å². The first-order chi connectivity index (χ1) is 8.25. The maximum absolute atomic E-state index is 12.0. The minimum Gasteiger partial charge on any atom is -0.381 e. The number of likely N-dealkylation sites (tertiary alicyclic amines) is 1. The zero-order valence-electron chi connectivity index (χ0n) is 10.6. The van der Waals surface area contributed by atoms with Crippen LogP contribution in [0.2, 0.25) is 0 Å². The summed E-state index contributed by atoms with van der Waals surface area (Å²) in [5, 5.41) is 0. The zero-order valence-corrected chi connectivity index (χ0v) is 10.6. The molecule has 2 saturated heterocycles. The summed E-state index contributed by atoms with van der Waals surface area (Å²) in [7, 11) is 0. The Kier molecular flexibility index (Phi) is 4.80. The van der Waals surface area contributed by atoms with Gasteiger partial charge in [0.25, 0.3) is 0 Å². The molecule has 0 aromatic heterocycles. The molecule has 4 heteroatoms. The highest BCUT2D eigenvalue weighted by atomic mass is 16.5. The van der Waals surface area contributed by atoms with E-state index < -0.39 is 0 Å². The highest BCUT2D eigenvalue weighted by molar-refractivity contribution is 5.76. The van der Waals surface area contributed by atoms with Gasteiger partial charge in [-0.1, -0.05) is 0 Å². The third-order valence-electron chi connectivity index (χ3n) is 3.92. The molecule has 2 heterocycles. The monoisotopic (exact) mass is 240 g/mol. The van der Waals surface area contributed by atoms with Crippen molar-refractivity contribution < 1.29 is 9.53 Å². The lowest BCUT2D eigenvalue weighted by molar-refractivity contribution is -0.132. The van der Waals surface area contributed by atoms with Gasteiger partial charge in [-0.3, -0.25) is 4.79 Å². The Bertz CT molecular complexity index is 252. The first kappa shape index (κ1) is 12.8. The SMILES string of the molecule is NC1CCCN(C(=O)CCC2CCOCC2)C1. The Morgan fingerprint density at radius 2 is 2.06 bits per heavy atom. The molecular weight excluding hydrogens is 216 g/mol. The number of carbonyl (C=O) groups excluding carboxylic acids is 1. The number of ether oxygens (including phenoxy) is 1. The molecule has 0 aliphatic carbocycles. The van der Waals surface area contributed by atoms with Crippen LogP contribution in [-0.2, 0) is 9.53 Å². The van der Waals surface area contributed by atoms with Crippen LogP contribution in [0.4, 0.5) is 0 Å². The van der Waals surface area contributed by atoms with Crippen LogP contribution in [0, 0.1) is 5.92 Å². The van der Waals surface area contributed by atoms with E-state index in [2.05, 4.69) is 0 Å². The first-order valence-corrected chi connectivity index (χ1v) is 6.87. The Morgan fingerprint density at radius 1 is 1.29 bits per heavy atom. The van der Waals surface area contributed by atoms with Gasteiger partial charge in [0.05, 0.1) is 0 Å². The van der Waals surface area contributed by atoms with Gasteiger partial charge < -0.3 is 15.4 Å². The molecule has 0 aromatic rings. The van der Waals surface area contributed by atoms with Gasteiger partial charge in [-0.15, -0.1) is 0 Å². The predicted molar refractivity (Wildman–Crippen MR) is 66.6 cm³/mol. The largest absolute Gasteiger partial charge is 0.381 e. The lowest BCUT2D eigenvalue weighted by atomic mass is 9.94. The smallest absolute Gasteiger partial charge is 0.222 e. The second kappa shape index (κ2) is 6.36. The third kappa shape index (κ3) is 3.96. The summed E-state index contributed by atoms with van der Waals surface area (Å²) in [5.74, 6) is 0.984. The van der Waals surface area contributed by atoms with Crippen molar-refractivity contribution in [1.29, 1.82) is 0 Å². The first-order valence-electron chi connectivity index (χ1n) is 6.87. The summed E-state index contributed by atoms with van der Waals surface area (Å²) in [6, 6.07) is 0.191. The molecule has 2 aliphatic rings. The van der Waals surface area contributed by atoms with E-state index in [-0.39, 0.29) is 6.04 Å². The average molecular weight is 240 g/mol. The van der Waals surface area contributed by atoms with Gasteiger partial charge in [-0.25, -0.2) is 0 Å². The van der Waals surface area contributed by atoms with Crippen LogP contribution in [0.15, 0.2) is 0 Å². The highest BCUT2D eigenvalue weighted by Gasteiger charge is 2.22. The average Bonchev–Trinajstić information content (AvgIpc) is 2.37. The van der Waals surface area contributed by atoms with Crippen molar-refractivity contribution >= 4 is 5.91 Å². The van der Waals surface area contributed by atoms with Crippen molar-refractivity contribution in [3.63, 3.8) is 0 Å². The molecule has 2 fully saturated rings. The van der Waals surface area contributed by atoms with Crippen LogP contribution in [0.25, 0.3) is 0 Å². The number of carbonyl (C=O) groups is 1. The van der Waals surface area contributed by atoms with Crippen molar-refractivity contribution in [3.8, 4) is 0 Å². The fourth-order valence-electron chi connectivity index (χ4n) is 2.76. The number of hydrogen-bond donors (Lipinski definition) is 1. The topological polar surface area (TPSA) is 55.6 Å². The minimum absolute atomic E-state index is 0.191. The lowest BCUT2D eigenvalue weighted by Gasteiger charge is -2.31.